The van der Waals surface area contributed by atoms with Gasteiger partial charge in [0.15, 0.2) is 0 Å². The van der Waals surface area contributed by atoms with E-state index in [9.17, 15) is 5.11 Å². The highest BCUT2D eigenvalue weighted by Crippen LogP contribution is 2.31. The molecule has 0 saturated carbocycles. The number of rotatable bonds is 3. The van der Waals surface area contributed by atoms with Gasteiger partial charge in [0.2, 0.25) is 0 Å². The first-order valence-electron chi connectivity index (χ1n) is 3.96. The first-order chi connectivity index (χ1) is 6.16. The second-order valence-corrected chi connectivity index (χ2v) is 3.71. The van der Waals surface area contributed by atoms with Gasteiger partial charge in [0.1, 0.15) is 5.75 Å². The molecule has 0 fully saturated rings. The topological polar surface area (TPSA) is 55.5 Å². The molecule has 1 unspecified atom stereocenters. The third-order valence-electron chi connectivity index (χ3n) is 1.89. The van der Waals surface area contributed by atoms with Gasteiger partial charge in [-0.1, -0.05) is 19.1 Å². The summed E-state index contributed by atoms with van der Waals surface area (Å²) >= 11 is 3.30. The van der Waals surface area contributed by atoms with E-state index >= 15 is 0 Å². The number of hydrogen-bond donors (Lipinski definition) is 2. The molecule has 4 heteroatoms. The highest BCUT2D eigenvalue weighted by atomic mass is 79.9. The number of benzene rings is 1. The van der Waals surface area contributed by atoms with Crippen molar-refractivity contribution in [1.29, 1.82) is 0 Å². The predicted molar refractivity (Wildman–Crippen MR) is 54.4 cm³/mol. The number of phenolic OH excluding ortho intramolecular Hbond substituents is 1. The first kappa shape index (κ1) is 10.5. The van der Waals surface area contributed by atoms with Crippen molar-refractivity contribution >= 4 is 15.9 Å². The van der Waals surface area contributed by atoms with Gasteiger partial charge in [0.05, 0.1) is 11.1 Å². The zero-order valence-corrected chi connectivity index (χ0v) is 8.91. The minimum atomic E-state index is 0.159. The minimum Gasteiger partial charge on any atom is -0.507 e. The fourth-order valence-corrected chi connectivity index (χ4v) is 1.81. The lowest BCUT2D eigenvalue weighted by molar-refractivity contribution is 0.126. The highest BCUT2D eigenvalue weighted by Gasteiger charge is 2.11. The van der Waals surface area contributed by atoms with Crippen LogP contribution in [0.3, 0.4) is 0 Å². The maximum Gasteiger partial charge on any atom is 0.130 e. The van der Waals surface area contributed by atoms with E-state index in [2.05, 4.69) is 20.8 Å². The molecule has 0 aliphatic rings. The summed E-state index contributed by atoms with van der Waals surface area (Å²) in [5.74, 6) is 5.37. The van der Waals surface area contributed by atoms with E-state index in [4.69, 9.17) is 5.90 Å². The highest BCUT2D eigenvalue weighted by molar-refractivity contribution is 9.10. The van der Waals surface area contributed by atoms with Crippen LogP contribution in [0.1, 0.15) is 18.4 Å². The SMILES string of the molecule is CC(CON)c1cccc(O)c1Br. The Hall–Kier alpha value is -0.580. The predicted octanol–water partition coefficient (Wildman–Crippen LogP) is 2.15. The van der Waals surface area contributed by atoms with Gasteiger partial charge in [0, 0.05) is 5.92 Å². The van der Waals surface area contributed by atoms with Crippen molar-refractivity contribution in [3.05, 3.63) is 28.2 Å². The summed E-state index contributed by atoms with van der Waals surface area (Å²) in [6, 6.07) is 5.35. The Labute approximate surface area is 85.6 Å². The second kappa shape index (κ2) is 4.60. The number of hydrogen-bond acceptors (Lipinski definition) is 3. The van der Waals surface area contributed by atoms with Gasteiger partial charge in [-0.05, 0) is 27.6 Å². The number of halogens is 1. The van der Waals surface area contributed by atoms with E-state index in [-0.39, 0.29) is 11.7 Å². The van der Waals surface area contributed by atoms with Crippen molar-refractivity contribution in [3.8, 4) is 5.75 Å². The molecule has 0 heterocycles. The van der Waals surface area contributed by atoms with Gasteiger partial charge in [-0.2, -0.15) is 0 Å². The van der Waals surface area contributed by atoms with Gasteiger partial charge < -0.3 is 9.94 Å². The Morgan fingerprint density at radius 2 is 2.31 bits per heavy atom. The van der Waals surface area contributed by atoms with Crippen molar-refractivity contribution in [1.82, 2.24) is 0 Å². The molecule has 1 aromatic rings. The van der Waals surface area contributed by atoms with Crippen LogP contribution in [0.5, 0.6) is 5.75 Å². The van der Waals surface area contributed by atoms with E-state index in [1.54, 1.807) is 12.1 Å². The van der Waals surface area contributed by atoms with E-state index in [1.165, 1.54) is 0 Å². The zero-order chi connectivity index (χ0) is 9.84. The maximum absolute atomic E-state index is 9.40. The fourth-order valence-electron chi connectivity index (χ4n) is 1.15. The molecule has 0 amide bonds. The lowest BCUT2D eigenvalue weighted by Gasteiger charge is -2.12. The van der Waals surface area contributed by atoms with Gasteiger partial charge in [0.25, 0.3) is 0 Å². The molecule has 3 N–H and O–H groups in total. The molecule has 3 nitrogen and oxygen atoms in total. The van der Waals surface area contributed by atoms with Crippen LogP contribution in [0.2, 0.25) is 0 Å². The Morgan fingerprint density at radius 3 is 2.92 bits per heavy atom. The molecular formula is C9H12BrNO2. The lowest BCUT2D eigenvalue weighted by Crippen LogP contribution is -2.08. The molecule has 13 heavy (non-hydrogen) atoms. The Bertz CT molecular complexity index is 291. The van der Waals surface area contributed by atoms with E-state index in [0.717, 1.165) is 5.56 Å². The summed E-state index contributed by atoms with van der Waals surface area (Å²) in [7, 11) is 0. The molecule has 1 atom stereocenters. The van der Waals surface area contributed by atoms with E-state index < -0.39 is 0 Å². The van der Waals surface area contributed by atoms with Crippen LogP contribution in [0.15, 0.2) is 22.7 Å². The van der Waals surface area contributed by atoms with Crippen LogP contribution in [-0.4, -0.2) is 11.7 Å². The van der Waals surface area contributed by atoms with Gasteiger partial charge in [-0.15, -0.1) is 0 Å². The second-order valence-electron chi connectivity index (χ2n) is 2.91. The summed E-state index contributed by atoms with van der Waals surface area (Å²) in [6.45, 7) is 2.41. The van der Waals surface area contributed by atoms with Crippen LogP contribution >= 0.6 is 15.9 Å². The summed E-state index contributed by atoms with van der Waals surface area (Å²) in [5, 5.41) is 9.40. The Morgan fingerprint density at radius 1 is 1.62 bits per heavy atom. The molecule has 1 aromatic carbocycles. The molecule has 0 bridgehead atoms. The van der Waals surface area contributed by atoms with E-state index in [1.807, 2.05) is 13.0 Å². The molecule has 0 saturated heterocycles. The van der Waals surface area contributed by atoms with Crippen molar-refractivity contribution in [2.24, 2.45) is 5.90 Å². The minimum absolute atomic E-state index is 0.159. The molecule has 0 aliphatic carbocycles. The largest absolute Gasteiger partial charge is 0.507 e. The molecule has 1 rings (SSSR count). The third-order valence-corrected chi connectivity index (χ3v) is 2.75. The quantitative estimate of drug-likeness (QED) is 0.803. The monoisotopic (exact) mass is 245 g/mol. The average Bonchev–Trinajstić information content (AvgIpc) is 2.10. The van der Waals surface area contributed by atoms with Crippen LogP contribution in [0.25, 0.3) is 0 Å². The van der Waals surface area contributed by atoms with Crippen LogP contribution in [0, 0.1) is 0 Å². The van der Waals surface area contributed by atoms with Crippen molar-refractivity contribution in [3.63, 3.8) is 0 Å². The van der Waals surface area contributed by atoms with Crippen LogP contribution < -0.4 is 5.90 Å². The third kappa shape index (κ3) is 2.43. The fraction of sp³-hybridized carbons (Fsp3) is 0.333. The molecule has 0 aliphatic heterocycles. The van der Waals surface area contributed by atoms with Crippen molar-refractivity contribution < 1.29 is 9.94 Å². The zero-order valence-electron chi connectivity index (χ0n) is 7.33. The molecule has 0 spiro atoms. The average molecular weight is 246 g/mol. The Balaban J connectivity index is 2.93. The standard InChI is InChI=1S/C9H12BrNO2/c1-6(5-13-11)7-3-2-4-8(12)9(7)10/h2-4,6,12H,5,11H2,1H3. The lowest BCUT2D eigenvalue weighted by atomic mass is 10.0. The number of phenols is 1. The summed E-state index contributed by atoms with van der Waals surface area (Å²) in [4.78, 5) is 4.55. The smallest absolute Gasteiger partial charge is 0.130 e. The van der Waals surface area contributed by atoms with Crippen LogP contribution in [0.4, 0.5) is 0 Å². The summed E-state index contributed by atoms with van der Waals surface area (Å²) in [6.07, 6.45) is 0. The maximum atomic E-state index is 9.40. The molecular weight excluding hydrogens is 234 g/mol. The molecule has 72 valence electrons. The Kier molecular flexibility index (Phi) is 3.71. The number of nitrogens with two attached hydrogens (primary N) is 1. The van der Waals surface area contributed by atoms with Crippen LogP contribution in [-0.2, 0) is 4.84 Å². The molecule has 0 radical (unpaired) electrons. The van der Waals surface area contributed by atoms with Crippen molar-refractivity contribution in [2.75, 3.05) is 6.61 Å². The summed E-state index contributed by atoms with van der Waals surface area (Å²) in [5.41, 5.74) is 0.991. The first-order valence-corrected chi connectivity index (χ1v) is 4.75. The van der Waals surface area contributed by atoms with Gasteiger partial charge in [-0.3, -0.25) is 0 Å². The molecule has 0 aromatic heterocycles. The normalized spacial score (nSPS) is 12.8. The van der Waals surface area contributed by atoms with E-state index in [0.29, 0.717) is 11.1 Å². The van der Waals surface area contributed by atoms with Gasteiger partial charge >= 0.3 is 0 Å². The van der Waals surface area contributed by atoms with Crippen molar-refractivity contribution in [2.45, 2.75) is 12.8 Å². The van der Waals surface area contributed by atoms with Gasteiger partial charge in [-0.25, -0.2) is 5.90 Å². The summed E-state index contributed by atoms with van der Waals surface area (Å²) < 4.78 is 0.708. The number of aromatic hydroxyl groups is 1.